The molecule has 1 aromatic carbocycles. The number of allylic oxidation sites excluding steroid dienone is 1. The van der Waals surface area contributed by atoms with Crippen LogP contribution in [0.1, 0.15) is 150 Å². The lowest BCUT2D eigenvalue weighted by Gasteiger charge is -2.72. The van der Waals surface area contributed by atoms with Crippen molar-refractivity contribution in [1.82, 2.24) is 20.4 Å². The minimum Gasteiger partial charge on any atom is -0.481 e. The molecule has 6 fully saturated rings. The summed E-state index contributed by atoms with van der Waals surface area (Å²) in [5.74, 6) is -2.36. The molecule has 2 amide bonds. The highest BCUT2D eigenvalue weighted by Gasteiger charge is 2.71. The number of hydrogen-bond acceptors (Lipinski definition) is 11. The number of carbonyl (C=O) groups is 6. The molecule has 0 aliphatic heterocycles. The molecule has 0 radical (unpaired) electrons. The van der Waals surface area contributed by atoms with Gasteiger partial charge in [-0.25, -0.2) is 4.79 Å². The monoisotopic (exact) mass is 1030 g/mol. The number of hydrogen-bond donors (Lipinski definition) is 3. The molecule has 0 unspecified atom stereocenters. The first-order chi connectivity index (χ1) is 34.3. The normalized spacial score (nSPS) is 34.3. The van der Waals surface area contributed by atoms with Crippen LogP contribution in [0.5, 0.6) is 0 Å². The van der Waals surface area contributed by atoms with Crippen LogP contribution < -0.4 is 10.6 Å². The molecular weight excluding hydrogens is 952 g/mol. The number of carboxylic acids is 1. The Kier molecular flexibility index (Phi) is 13.8. The second kappa shape index (κ2) is 18.9. The molecule has 73 heavy (non-hydrogen) atoms. The summed E-state index contributed by atoms with van der Waals surface area (Å²) in [5, 5.41) is 21.2. The standard InChI is InChI=1S/C57H77ClN4O11/c1-32(2)44-40(63)31-57(60-49(68)56(23-24-56)59-46(64)39-30-38(33-11-13-34(58)14-12-33)61-62(39)50(69)72-28-27-71-26-25-70-10)22-21-54(8)35(45(44)57)15-16-42-53(7)19-18-43(52(5,6)41(53)17-20-55(42,54)9)73-48(67)37-29-36(47(65)66)51(37,3)4/h11-14,30,32,35-37,41-43H,15-29,31H2,1-10H3,(H,59,64)(H,60,68)(H,65,66)/t35-,36+,37-,41+,42-,43+,53+,54-,55-,57-/m1/s1. The number of benzene rings is 1. The molecule has 9 rings (SSSR count). The average molecular weight is 1030 g/mol. The summed E-state index contributed by atoms with van der Waals surface area (Å²) >= 11 is 6.17. The van der Waals surface area contributed by atoms with Gasteiger partial charge in [-0.1, -0.05) is 86.0 Å². The maximum atomic E-state index is 15.0. The number of Topliss-reactive ketones (excluding diaryl/α,β-unsaturated/α-hetero) is 1. The van der Waals surface area contributed by atoms with E-state index in [1.807, 2.05) is 13.8 Å². The van der Waals surface area contributed by atoms with E-state index in [0.29, 0.717) is 67.0 Å². The number of esters is 1. The van der Waals surface area contributed by atoms with Crippen LogP contribution in [0.25, 0.3) is 11.3 Å². The molecule has 1 aromatic heterocycles. The number of nitrogens with one attached hydrogen (secondary N) is 2. The summed E-state index contributed by atoms with van der Waals surface area (Å²) in [6.45, 7) is 20.6. The fraction of sp³-hybridized carbons (Fsp3) is 0.702. The minimum absolute atomic E-state index is 0.0300. The van der Waals surface area contributed by atoms with Gasteiger partial charge in [-0.2, -0.15) is 9.78 Å². The van der Waals surface area contributed by atoms with Crippen LogP contribution in [0, 0.1) is 62.6 Å². The quantitative estimate of drug-likeness (QED) is 0.113. The predicted octanol–water partition coefficient (Wildman–Crippen LogP) is 9.62. The van der Waals surface area contributed by atoms with Crippen LogP contribution in [0.3, 0.4) is 0 Å². The van der Waals surface area contributed by atoms with Gasteiger partial charge in [0.05, 0.1) is 42.9 Å². The van der Waals surface area contributed by atoms with Crippen molar-refractivity contribution in [2.24, 2.45) is 62.6 Å². The van der Waals surface area contributed by atoms with Gasteiger partial charge in [0.2, 0.25) is 5.91 Å². The Morgan fingerprint density at radius 3 is 2.15 bits per heavy atom. The third kappa shape index (κ3) is 8.66. The van der Waals surface area contributed by atoms with Crippen molar-refractivity contribution in [2.75, 3.05) is 33.5 Å². The van der Waals surface area contributed by atoms with Crippen LogP contribution in [0.4, 0.5) is 4.79 Å². The van der Waals surface area contributed by atoms with Crippen LogP contribution in [0.2, 0.25) is 5.02 Å². The largest absolute Gasteiger partial charge is 0.481 e. The van der Waals surface area contributed by atoms with Crippen molar-refractivity contribution in [3.8, 4) is 11.3 Å². The van der Waals surface area contributed by atoms with Crippen molar-refractivity contribution in [3.05, 3.63) is 52.2 Å². The maximum Gasteiger partial charge on any atom is 0.435 e. The average Bonchev–Trinajstić information content (AvgIpc) is 3.85. The van der Waals surface area contributed by atoms with Gasteiger partial charge in [-0.15, -0.1) is 0 Å². The Labute approximate surface area is 435 Å². The highest BCUT2D eigenvalue weighted by Crippen LogP contribution is 2.76. The molecule has 2 aromatic rings. The summed E-state index contributed by atoms with van der Waals surface area (Å²) < 4.78 is 23.3. The Balaban J connectivity index is 0.937. The van der Waals surface area contributed by atoms with Crippen LogP contribution in [-0.2, 0) is 38.1 Å². The molecule has 0 spiro atoms. The summed E-state index contributed by atoms with van der Waals surface area (Å²) in [4.78, 5) is 83.0. The Morgan fingerprint density at radius 1 is 0.808 bits per heavy atom. The van der Waals surface area contributed by atoms with Gasteiger partial charge in [-0.3, -0.25) is 24.0 Å². The zero-order valence-corrected chi connectivity index (χ0v) is 45.3. The zero-order valence-electron chi connectivity index (χ0n) is 44.5. The molecule has 15 nitrogen and oxygen atoms in total. The molecular formula is C57H77ClN4O11. The van der Waals surface area contributed by atoms with Crippen molar-refractivity contribution in [2.45, 2.75) is 157 Å². The number of methoxy groups -OCH3 is 1. The number of ketones is 1. The third-order valence-electron chi connectivity index (χ3n) is 20.5. The Morgan fingerprint density at radius 2 is 1.51 bits per heavy atom. The molecule has 7 aliphatic rings. The maximum absolute atomic E-state index is 15.0. The number of aliphatic carboxylic acids is 1. The number of nitrogens with zero attached hydrogens (tertiary/aromatic N) is 2. The topological polar surface area (TPSA) is 201 Å². The van der Waals surface area contributed by atoms with Crippen molar-refractivity contribution < 1.29 is 52.8 Å². The third-order valence-corrected chi connectivity index (χ3v) is 20.8. The number of aromatic nitrogens is 2. The molecule has 0 saturated heterocycles. The van der Waals surface area contributed by atoms with E-state index >= 15 is 0 Å². The molecule has 398 valence electrons. The van der Waals surface area contributed by atoms with Crippen molar-refractivity contribution in [3.63, 3.8) is 0 Å². The number of carbonyl (C=O) groups excluding carboxylic acids is 5. The Hall–Kier alpha value is -4.60. The van der Waals surface area contributed by atoms with E-state index in [2.05, 4.69) is 64.2 Å². The molecule has 7 aliphatic carbocycles. The lowest BCUT2D eigenvalue weighted by atomic mass is 9.33. The second-order valence-corrected chi connectivity index (χ2v) is 25.5. The molecule has 1 heterocycles. The highest BCUT2D eigenvalue weighted by molar-refractivity contribution is 6.30. The van der Waals surface area contributed by atoms with E-state index in [9.17, 15) is 33.9 Å². The first-order valence-corrected chi connectivity index (χ1v) is 27.1. The van der Waals surface area contributed by atoms with Crippen LogP contribution >= 0.6 is 11.6 Å². The number of amides is 2. The van der Waals surface area contributed by atoms with E-state index in [0.717, 1.165) is 60.8 Å². The number of fused-ring (bicyclic) bond motifs is 7. The van der Waals surface area contributed by atoms with E-state index < -0.39 is 46.3 Å². The van der Waals surface area contributed by atoms with Gasteiger partial charge < -0.3 is 34.7 Å². The summed E-state index contributed by atoms with van der Waals surface area (Å²) in [5.41, 5.74) is -0.633. The fourth-order valence-corrected chi connectivity index (χ4v) is 16.1. The van der Waals surface area contributed by atoms with Gasteiger partial charge in [0, 0.05) is 29.5 Å². The van der Waals surface area contributed by atoms with E-state index in [-0.39, 0.29) is 82.6 Å². The molecule has 10 atom stereocenters. The van der Waals surface area contributed by atoms with Crippen LogP contribution in [0.15, 0.2) is 41.5 Å². The van der Waals surface area contributed by atoms with Crippen molar-refractivity contribution in [1.29, 1.82) is 0 Å². The summed E-state index contributed by atoms with van der Waals surface area (Å²) in [6, 6.07) is 8.34. The number of rotatable bonds is 15. The lowest BCUT2D eigenvalue weighted by molar-refractivity contribution is -0.235. The fourth-order valence-electron chi connectivity index (χ4n) is 16.0. The second-order valence-electron chi connectivity index (χ2n) is 25.1. The molecule has 6 saturated carbocycles. The number of carboxylic acid groups (broad SMARTS) is 1. The first kappa shape index (κ1) is 53.2. The van der Waals surface area contributed by atoms with E-state index in [1.54, 1.807) is 31.4 Å². The van der Waals surface area contributed by atoms with Gasteiger partial charge in [0.1, 0.15) is 23.9 Å². The van der Waals surface area contributed by atoms with Gasteiger partial charge >= 0.3 is 18.0 Å². The predicted molar refractivity (Wildman–Crippen MR) is 272 cm³/mol. The van der Waals surface area contributed by atoms with Gasteiger partial charge in [0.15, 0.2) is 5.78 Å². The molecule has 16 heteroatoms. The summed E-state index contributed by atoms with van der Waals surface area (Å²) in [7, 11) is 1.56. The van der Waals surface area contributed by atoms with Crippen molar-refractivity contribution >= 4 is 47.2 Å². The molecule has 3 N–H and O–H groups in total. The minimum atomic E-state index is -1.26. The number of ether oxygens (including phenoxy) is 4. The van der Waals surface area contributed by atoms with Gasteiger partial charge in [-0.05, 0) is 145 Å². The molecule has 0 bridgehead atoms. The Bertz CT molecular complexity index is 2600. The van der Waals surface area contributed by atoms with Crippen LogP contribution in [-0.4, -0.2) is 101 Å². The smallest absolute Gasteiger partial charge is 0.435 e. The van der Waals surface area contributed by atoms with Gasteiger partial charge in [0.25, 0.3) is 5.91 Å². The highest BCUT2D eigenvalue weighted by atomic mass is 35.5. The summed E-state index contributed by atoms with van der Waals surface area (Å²) in [6.07, 6.45) is 7.02. The SMILES string of the molecule is COCCOCCOC(=O)n1nc(-c2ccc(Cl)cc2)cc1C(=O)NC1(C(=O)N[C@@]23CC[C@]4(C)[C@H](CC[C@@H]5[C@@]6(C)CC[C@H](OC(=O)[C@H]7C[C@@H](C(=O)O)C7(C)C)C(C)(C)[C@@H]6CC[C@]54C)C2=C(C(C)C)C(=O)C3)CC1. The zero-order chi connectivity index (χ0) is 52.8. The first-order valence-electron chi connectivity index (χ1n) is 26.8. The van der Waals surface area contributed by atoms with E-state index in [4.69, 9.17) is 30.5 Å². The lowest BCUT2D eigenvalue weighted by Crippen LogP contribution is -2.68. The number of halogens is 1. The van der Waals surface area contributed by atoms with E-state index in [1.165, 1.54) is 6.07 Å².